The second-order valence-corrected chi connectivity index (χ2v) is 6.61. The SMILES string of the molecule is Nc1nc2ccc(-c3cncc(SNCc4ccc(F)cc4)c3)cn2n1. The molecule has 0 aliphatic heterocycles. The molecule has 0 atom stereocenters. The molecule has 26 heavy (non-hydrogen) atoms. The number of nitrogen functional groups attached to an aromatic ring is 1. The molecule has 3 heterocycles. The summed E-state index contributed by atoms with van der Waals surface area (Å²) in [7, 11) is 0. The molecule has 0 radical (unpaired) electrons. The van der Waals surface area contributed by atoms with Crippen LogP contribution in [-0.2, 0) is 6.54 Å². The molecule has 3 N–H and O–H groups in total. The number of benzene rings is 1. The molecular formula is C18H15FN6S. The fourth-order valence-corrected chi connectivity index (χ4v) is 3.21. The van der Waals surface area contributed by atoms with Gasteiger partial charge in [-0.25, -0.2) is 8.91 Å². The van der Waals surface area contributed by atoms with Crippen molar-refractivity contribution in [2.75, 3.05) is 5.73 Å². The van der Waals surface area contributed by atoms with E-state index in [4.69, 9.17) is 5.73 Å². The van der Waals surface area contributed by atoms with E-state index in [0.29, 0.717) is 12.2 Å². The van der Waals surface area contributed by atoms with Gasteiger partial charge in [-0.2, -0.15) is 4.98 Å². The topological polar surface area (TPSA) is 81.1 Å². The first-order valence-electron chi connectivity index (χ1n) is 7.89. The highest BCUT2D eigenvalue weighted by Gasteiger charge is 2.05. The molecule has 0 aliphatic rings. The van der Waals surface area contributed by atoms with Crippen molar-refractivity contribution in [2.24, 2.45) is 0 Å². The van der Waals surface area contributed by atoms with E-state index in [-0.39, 0.29) is 11.8 Å². The van der Waals surface area contributed by atoms with Gasteiger partial charge in [-0.1, -0.05) is 12.1 Å². The summed E-state index contributed by atoms with van der Waals surface area (Å²) in [5.41, 5.74) is 9.27. The normalized spacial score (nSPS) is 11.1. The Morgan fingerprint density at radius 1 is 1.08 bits per heavy atom. The van der Waals surface area contributed by atoms with Crippen LogP contribution in [-0.4, -0.2) is 19.6 Å². The molecule has 0 fully saturated rings. The van der Waals surface area contributed by atoms with E-state index in [0.717, 1.165) is 21.6 Å². The zero-order valence-corrected chi connectivity index (χ0v) is 14.4. The zero-order chi connectivity index (χ0) is 17.9. The van der Waals surface area contributed by atoms with E-state index >= 15 is 0 Å². The number of pyridine rings is 2. The van der Waals surface area contributed by atoms with Gasteiger partial charge >= 0.3 is 0 Å². The van der Waals surface area contributed by atoms with Crippen LogP contribution in [0.15, 0.2) is 66.0 Å². The third kappa shape index (κ3) is 3.66. The third-order valence-corrected chi connectivity index (χ3v) is 4.52. The number of anilines is 1. The summed E-state index contributed by atoms with van der Waals surface area (Å²) in [4.78, 5) is 9.39. The van der Waals surface area contributed by atoms with Crippen LogP contribution in [0.2, 0.25) is 0 Å². The molecule has 3 aromatic heterocycles. The van der Waals surface area contributed by atoms with Crippen LogP contribution in [0.1, 0.15) is 5.56 Å². The molecule has 0 saturated heterocycles. The number of fused-ring (bicyclic) bond motifs is 1. The van der Waals surface area contributed by atoms with Gasteiger partial charge < -0.3 is 5.73 Å². The third-order valence-electron chi connectivity index (χ3n) is 3.77. The Morgan fingerprint density at radius 2 is 1.92 bits per heavy atom. The van der Waals surface area contributed by atoms with Crippen LogP contribution in [0, 0.1) is 5.82 Å². The minimum atomic E-state index is -0.232. The number of halogens is 1. The molecule has 8 heteroatoms. The van der Waals surface area contributed by atoms with E-state index in [2.05, 4.69) is 19.8 Å². The number of rotatable bonds is 5. The molecule has 6 nitrogen and oxygen atoms in total. The van der Waals surface area contributed by atoms with Gasteiger partial charge in [0.25, 0.3) is 0 Å². The lowest BCUT2D eigenvalue weighted by atomic mass is 10.1. The van der Waals surface area contributed by atoms with E-state index in [1.165, 1.54) is 24.1 Å². The molecule has 4 aromatic rings. The summed E-state index contributed by atoms with van der Waals surface area (Å²) in [5.74, 6) is 0.0129. The summed E-state index contributed by atoms with van der Waals surface area (Å²) >= 11 is 1.48. The highest BCUT2D eigenvalue weighted by atomic mass is 32.2. The highest BCUT2D eigenvalue weighted by Crippen LogP contribution is 2.24. The Kier molecular flexibility index (Phi) is 4.51. The van der Waals surface area contributed by atoms with Crippen molar-refractivity contribution in [1.29, 1.82) is 0 Å². The first-order chi connectivity index (χ1) is 12.7. The van der Waals surface area contributed by atoms with Gasteiger partial charge in [0, 0.05) is 41.2 Å². The summed E-state index contributed by atoms with van der Waals surface area (Å²) < 4.78 is 17.8. The summed E-state index contributed by atoms with van der Waals surface area (Å²) in [6.45, 7) is 0.624. The Morgan fingerprint density at radius 3 is 2.77 bits per heavy atom. The van der Waals surface area contributed by atoms with Gasteiger partial charge in [0.1, 0.15) is 5.82 Å². The molecular weight excluding hydrogens is 351 g/mol. The second kappa shape index (κ2) is 7.11. The van der Waals surface area contributed by atoms with Crippen molar-refractivity contribution in [3.05, 3.63) is 72.4 Å². The quantitative estimate of drug-likeness (QED) is 0.528. The van der Waals surface area contributed by atoms with Gasteiger partial charge in [-0.05, 0) is 47.8 Å². The average Bonchev–Trinajstić information content (AvgIpc) is 3.03. The number of aromatic nitrogens is 4. The Hall–Kier alpha value is -2.97. The number of nitrogens with two attached hydrogens (primary N) is 1. The number of hydrogen-bond acceptors (Lipinski definition) is 6. The molecule has 130 valence electrons. The van der Waals surface area contributed by atoms with Crippen molar-refractivity contribution in [3.8, 4) is 11.1 Å². The minimum Gasteiger partial charge on any atom is -0.366 e. The molecule has 1 aromatic carbocycles. The molecule has 0 bridgehead atoms. The lowest BCUT2D eigenvalue weighted by molar-refractivity contribution is 0.627. The van der Waals surface area contributed by atoms with Crippen LogP contribution in [0.4, 0.5) is 10.3 Å². The van der Waals surface area contributed by atoms with Gasteiger partial charge in [0.2, 0.25) is 5.95 Å². The minimum absolute atomic E-state index is 0.232. The fourth-order valence-electron chi connectivity index (χ4n) is 2.51. The number of hydrogen-bond donors (Lipinski definition) is 2. The fraction of sp³-hybridized carbons (Fsp3) is 0.0556. The van der Waals surface area contributed by atoms with Crippen molar-refractivity contribution in [2.45, 2.75) is 11.4 Å². The van der Waals surface area contributed by atoms with E-state index in [1.807, 2.05) is 24.4 Å². The molecule has 0 unspecified atom stereocenters. The molecule has 0 saturated carbocycles. The highest BCUT2D eigenvalue weighted by molar-refractivity contribution is 7.97. The zero-order valence-electron chi connectivity index (χ0n) is 13.6. The van der Waals surface area contributed by atoms with E-state index in [9.17, 15) is 4.39 Å². The van der Waals surface area contributed by atoms with Gasteiger partial charge in [-0.3, -0.25) is 9.71 Å². The molecule has 0 aliphatic carbocycles. The van der Waals surface area contributed by atoms with Crippen LogP contribution < -0.4 is 10.5 Å². The molecule has 0 amide bonds. The first kappa shape index (κ1) is 16.5. The smallest absolute Gasteiger partial charge is 0.240 e. The summed E-state index contributed by atoms with van der Waals surface area (Å²) in [6.07, 6.45) is 5.46. The first-order valence-corrected chi connectivity index (χ1v) is 8.70. The van der Waals surface area contributed by atoms with Crippen LogP contribution in [0.3, 0.4) is 0 Å². The van der Waals surface area contributed by atoms with Gasteiger partial charge in [0.05, 0.1) is 0 Å². The predicted octanol–water partition coefficient (Wildman–Crippen LogP) is 3.31. The maximum absolute atomic E-state index is 12.9. The largest absolute Gasteiger partial charge is 0.366 e. The summed E-state index contributed by atoms with van der Waals surface area (Å²) in [5, 5.41) is 4.13. The van der Waals surface area contributed by atoms with Crippen molar-refractivity contribution in [3.63, 3.8) is 0 Å². The van der Waals surface area contributed by atoms with E-state index < -0.39 is 0 Å². The Bertz CT molecular complexity index is 1050. The maximum atomic E-state index is 12.9. The van der Waals surface area contributed by atoms with Crippen molar-refractivity contribution < 1.29 is 4.39 Å². The van der Waals surface area contributed by atoms with Crippen molar-refractivity contribution >= 4 is 23.5 Å². The predicted molar refractivity (Wildman–Crippen MR) is 99.7 cm³/mol. The van der Waals surface area contributed by atoms with Gasteiger partial charge in [0.15, 0.2) is 5.65 Å². The second-order valence-electron chi connectivity index (χ2n) is 5.65. The van der Waals surface area contributed by atoms with Crippen LogP contribution >= 0.6 is 11.9 Å². The monoisotopic (exact) mass is 366 g/mol. The Balaban J connectivity index is 1.47. The van der Waals surface area contributed by atoms with Gasteiger partial charge in [-0.15, -0.1) is 5.10 Å². The Labute approximate surface area is 153 Å². The average molecular weight is 366 g/mol. The lowest BCUT2D eigenvalue weighted by Gasteiger charge is -2.07. The number of nitrogens with zero attached hydrogens (tertiary/aromatic N) is 4. The van der Waals surface area contributed by atoms with Crippen molar-refractivity contribution in [1.82, 2.24) is 24.3 Å². The van der Waals surface area contributed by atoms with Crippen LogP contribution in [0.25, 0.3) is 16.8 Å². The van der Waals surface area contributed by atoms with E-state index in [1.54, 1.807) is 29.0 Å². The summed E-state index contributed by atoms with van der Waals surface area (Å²) in [6, 6.07) is 12.3. The maximum Gasteiger partial charge on any atom is 0.240 e. The van der Waals surface area contributed by atoms with Crippen LogP contribution in [0.5, 0.6) is 0 Å². The number of nitrogens with one attached hydrogen (secondary N) is 1. The standard InChI is InChI=1S/C18H15FN6S/c19-15-4-1-12(2-5-15)8-22-26-16-7-14(9-21-10-16)13-3-6-17-23-18(20)24-25(17)11-13/h1-7,9-11,22H,8H2,(H2,20,24). The lowest BCUT2D eigenvalue weighted by Crippen LogP contribution is -2.03. The molecule has 0 spiro atoms. The molecule has 4 rings (SSSR count).